The summed E-state index contributed by atoms with van der Waals surface area (Å²) < 4.78 is 0. The molecule has 0 aromatic heterocycles. The molecule has 0 aromatic carbocycles. The van der Waals surface area contributed by atoms with E-state index in [0.717, 1.165) is 0 Å². The molecule has 1 saturated heterocycles. The Labute approximate surface area is 94.6 Å². The van der Waals surface area contributed by atoms with Gasteiger partial charge in [-0.25, -0.2) is 4.79 Å². The zero-order valence-corrected chi connectivity index (χ0v) is 9.98. The Hall–Kier alpha value is -1.16. The van der Waals surface area contributed by atoms with E-state index in [1.807, 2.05) is 20.8 Å². The molecule has 0 radical (unpaired) electrons. The molecule has 1 rings (SSSR count). The SMILES string of the molecule is C[C@H]1C(=C=O)CN(OC(C)(C)C)[C@@H]1C(=O)O. The van der Waals surface area contributed by atoms with Gasteiger partial charge in [0.1, 0.15) is 12.0 Å². The van der Waals surface area contributed by atoms with Crippen LogP contribution in [0.15, 0.2) is 5.57 Å². The maximum atomic E-state index is 11.1. The van der Waals surface area contributed by atoms with Crippen LogP contribution in [-0.2, 0) is 14.4 Å². The summed E-state index contributed by atoms with van der Waals surface area (Å²) in [5.74, 6) is 0.448. The van der Waals surface area contributed by atoms with E-state index >= 15 is 0 Å². The Bertz CT molecular complexity index is 338. The fourth-order valence-corrected chi connectivity index (χ4v) is 1.75. The summed E-state index contributed by atoms with van der Waals surface area (Å²) in [6, 6.07) is -0.810. The molecule has 0 aromatic rings. The van der Waals surface area contributed by atoms with Gasteiger partial charge in [0.2, 0.25) is 0 Å². The zero-order valence-electron chi connectivity index (χ0n) is 9.98. The van der Waals surface area contributed by atoms with Crippen LogP contribution in [0.5, 0.6) is 0 Å². The normalized spacial score (nSPS) is 26.9. The molecule has 0 unspecified atom stereocenters. The van der Waals surface area contributed by atoms with E-state index in [9.17, 15) is 9.59 Å². The third-order valence-electron chi connectivity index (χ3n) is 2.43. The highest BCUT2D eigenvalue weighted by molar-refractivity contribution is 5.76. The van der Waals surface area contributed by atoms with E-state index in [2.05, 4.69) is 0 Å². The second-order valence-corrected chi connectivity index (χ2v) is 4.98. The molecular weight excluding hydrogens is 210 g/mol. The minimum atomic E-state index is -0.984. The molecule has 1 N–H and O–H groups in total. The Balaban J connectivity index is 2.92. The van der Waals surface area contributed by atoms with Crippen molar-refractivity contribution in [3.63, 3.8) is 0 Å². The fourth-order valence-electron chi connectivity index (χ4n) is 1.75. The first-order valence-corrected chi connectivity index (χ1v) is 5.18. The van der Waals surface area contributed by atoms with E-state index in [1.165, 1.54) is 5.06 Å². The van der Waals surface area contributed by atoms with Gasteiger partial charge in [0.25, 0.3) is 0 Å². The lowest BCUT2D eigenvalue weighted by atomic mass is 10.00. The predicted molar refractivity (Wildman–Crippen MR) is 57.3 cm³/mol. The van der Waals surface area contributed by atoms with Gasteiger partial charge in [-0.05, 0) is 20.8 Å². The molecule has 1 fully saturated rings. The van der Waals surface area contributed by atoms with Gasteiger partial charge >= 0.3 is 5.97 Å². The Morgan fingerprint density at radius 3 is 2.50 bits per heavy atom. The number of hydrogen-bond acceptors (Lipinski definition) is 4. The number of carboxylic acid groups (broad SMARTS) is 1. The lowest BCUT2D eigenvalue weighted by molar-refractivity contribution is -0.239. The summed E-state index contributed by atoms with van der Waals surface area (Å²) in [6.07, 6.45) is 0. The second-order valence-electron chi connectivity index (χ2n) is 4.98. The summed E-state index contributed by atoms with van der Waals surface area (Å²) in [5, 5.41) is 10.5. The lowest BCUT2D eigenvalue weighted by Crippen LogP contribution is -2.43. The monoisotopic (exact) mass is 227 g/mol. The highest BCUT2D eigenvalue weighted by atomic mass is 16.7. The van der Waals surface area contributed by atoms with Gasteiger partial charge in [0.15, 0.2) is 0 Å². The van der Waals surface area contributed by atoms with Gasteiger partial charge < -0.3 is 5.11 Å². The van der Waals surface area contributed by atoms with E-state index < -0.39 is 17.6 Å². The van der Waals surface area contributed by atoms with Crippen LogP contribution in [0.2, 0.25) is 0 Å². The average Bonchev–Trinajstić information content (AvgIpc) is 2.39. The molecule has 1 aliphatic heterocycles. The first-order chi connectivity index (χ1) is 7.26. The van der Waals surface area contributed by atoms with Gasteiger partial charge in [-0.1, -0.05) is 6.92 Å². The largest absolute Gasteiger partial charge is 0.480 e. The predicted octanol–water partition coefficient (Wildman–Crippen LogP) is 0.879. The Morgan fingerprint density at radius 1 is 1.56 bits per heavy atom. The minimum absolute atomic E-state index is 0.207. The van der Waals surface area contributed by atoms with E-state index in [4.69, 9.17) is 9.94 Å². The Kier molecular flexibility index (Phi) is 3.53. The first-order valence-electron chi connectivity index (χ1n) is 5.18. The summed E-state index contributed by atoms with van der Waals surface area (Å²) in [7, 11) is 0. The maximum absolute atomic E-state index is 11.1. The molecule has 5 heteroatoms. The van der Waals surface area contributed by atoms with Gasteiger partial charge in [0, 0.05) is 11.5 Å². The number of carboxylic acids is 1. The van der Waals surface area contributed by atoms with Crippen LogP contribution in [0.1, 0.15) is 27.7 Å². The molecule has 0 saturated carbocycles. The third kappa shape index (κ3) is 2.70. The third-order valence-corrected chi connectivity index (χ3v) is 2.43. The molecule has 0 aliphatic carbocycles. The van der Waals surface area contributed by atoms with Crippen molar-refractivity contribution in [2.75, 3.05) is 6.54 Å². The van der Waals surface area contributed by atoms with Gasteiger partial charge in [0.05, 0.1) is 12.1 Å². The highest BCUT2D eigenvalue weighted by Crippen LogP contribution is 2.29. The van der Waals surface area contributed by atoms with Crippen molar-refractivity contribution >= 4 is 11.9 Å². The summed E-state index contributed by atoms with van der Waals surface area (Å²) in [5.41, 5.74) is -0.0391. The highest BCUT2D eigenvalue weighted by Gasteiger charge is 2.43. The zero-order chi connectivity index (χ0) is 12.5. The summed E-state index contributed by atoms with van der Waals surface area (Å²) in [6.45, 7) is 7.40. The summed E-state index contributed by atoms with van der Waals surface area (Å²) in [4.78, 5) is 27.3. The van der Waals surface area contributed by atoms with E-state index in [-0.39, 0.29) is 12.5 Å². The number of hydroxylamine groups is 2. The number of carbonyl (C=O) groups is 1. The first kappa shape index (κ1) is 12.9. The second kappa shape index (κ2) is 4.37. The smallest absolute Gasteiger partial charge is 0.323 e. The topological polar surface area (TPSA) is 66.8 Å². The van der Waals surface area contributed by atoms with Crippen LogP contribution in [0.3, 0.4) is 0 Å². The molecule has 5 nitrogen and oxygen atoms in total. The molecule has 1 aliphatic rings. The van der Waals surface area contributed by atoms with Crippen LogP contribution < -0.4 is 0 Å². The van der Waals surface area contributed by atoms with E-state index in [1.54, 1.807) is 12.9 Å². The number of carbonyl (C=O) groups excluding carboxylic acids is 1. The molecular formula is C11H17NO4. The minimum Gasteiger partial charge on any atom is -0.480 e. The molecule has 90 valence electrons. The van der Waals surface area contributed by atoms with Crippen molar-refractivity contribution in [1.82, 2.24) is 5.06 Å². The lowest BCUT2D eigenvalue weighted by Gasteiger charge is -2.29. The quantitative estimate of drug-likeness (QED) is 0.709. The van der Waals surface area contributed by atoms with Gasteiger partial charge in [-0.15, -0.1) is 0 Å². The number of nitrogens with zero attached hydrogens (tertiary/aromatic N) is 1. The van der Waals surface area contributed by atoms with Crippen molar-refractivity contribution in [2.45, 2.75) is 39.3 Å². The van der Waals surface area contributed by atoms with Crippen molar-refractivity contribution in [1.29, 1.82) is 0 Å². The van der Waals surface area contributed by atoms with Crippen molar-refractivity contribution < 1.29 is 19.5 Å². The molecule has 0 spiro atoms. The van der Waals surface area contributed by atoms with Crippen LogP contribution in [0.4, 0.5) is 0 Å². The van der Waals surface area contributed by atoms with Gasteiger partial charge in [-0.2, -0.15) is 5.06 Å². The van der Waals surface area contributed by atoms with Crippen molar-refractivity contribution in [3.8, 4) is 0 Å². The van der Waals surface area contributed by atoms with Gasteiger partial charge in [-0.3, -0.25) is 9.63 Å². The number of hydrogen-bond donors (Lipinski definition) is 1. The molecule has 0 amide bonds. The number of aliphatic carboxylic acids is 1. The summed E-state index contributed by atoms with van der Waals surface area (Å²) >= 11 is 0. The van der Waals surface area contributed by atoms with Crippen LogP contribution in [0.25, 0.3) is 0 Å². The molecule has 0 bridgehead atoms. The average molecular weight is 227 g/mol. The van der Waals surface area contributed by atoms with Crippen LogP contribution in [-0.4, -0.2) is 40.3 Å². The number of rotatable bonds is 2. The molecule has 1 heterocycles. The van der Waals surface area contributed by atoms with E-state index in [0.29, 0.717) is 5.57 Å². The molecule has 16 heavy (non-hydrogen) atoms. The van der Waals surface area contributed by atoms with Crippen LogP contribution in [0, 0.1) is 5.92 Å². The van der Waals surface area contributed by atoms with Crippen molar-refractivity contribution in [3.05, 3.63) is 5.57 Å². The standard InChI is InChI=1S/C11H17NO4/c1-7-8(6-13)5-12(9(7)10(14)15)16-11(2,3)4/h7,9H,5H2,1-4H3,(H,14,15)/t7-,9-/m0/s1. The maximum Gasteiger partial charge on any atom is 0.323 e. The Morgan fingerprint density at radius 2 is 2.12 bits per heavy atom. The van der Waals surface area contributed by atoms with Crippen LogP contribution >= 0.6 is 0 Å². The fraction of sp³-hybridized carbons (Fsp3) is 0.727. The molecule has 2 atom stereocenters. The van der Waals surface area contributed by atoms with Crippen molar-refractivity contribution in [2.24, 2.45) is 5.92 Å².